The standard InChI is InChI=1S/C15H18ClN3OS.ClH/c16-14-13-10-3-1-2-4-11(10)21-15(13)18-12(17-14)9-19-5-7-20-8-6-19;/h1-9H2;1H. The van der Waals surface area contributed by atoms with Gasteiger partial charge in [0.15, 0.2) is 0 Å². The van der Waals surface area contributed by atoms with Crippen molar-refractivity contribution in [2.24, 2.45) is 0 Å². The van der Waals surface area contributed by atoms with Crippen LogP contribution in [-0.2, 0) is 24.1 Å². The number of halogens is 2. The number of rotatable bonds is 2. The Hall–Kier alpha value is -0.460. The molecule has 1 fully saturated rings. The second-order valence-electron chi connectivity index (χ2n) is 5.71. The van der Waals surface area contributed by atoms with Crippen LogP contribution in [0.4, 0.5) is 0 Å². The van der Waals surface area contributed by atoms with Crippen LogP contribution in [0.25, 0.3) is 10.2 Å². The van der Waals surface area contributed by atoms with Gasteiger partial charge in [-0.1, -0.05) is 11.6 Å². The van der Waals surface area contributed by atoms with Gasteiger partial charge in [-0.3, -0.25) is 4.90 Å². The van der Waals surface area contributed by atoms with Crippen LogP contribution in [0.5, 0.6) is 0 Å². The van der Waals surface area contributed by atoms with Crippen LogP contribution in [0.2, 0.25) is 5.15 Å². The summed E-state index contributed by atoms with van der Waals surface area (Å²) >= 11 is 8.28. The SMILES string of the molecule is Cl.Clc1nc(CN2CCOCC2)nc2sc3c(c12)CCCC3. The Kier molecular flexibility index (Phi) is 5.20. The predicted molar refractivity (Wildman–Crippen MR) is 92.4 cm³/mol. The Morgan fingerprint density at radius 2 is 1.91 bits per heavy atom. The Labute approximate surface area is 145 Å². The van der Waals surface area contributed by atoms with Crippen LogP contribution < -0.4 is 0 Å². The maximum Gasteiger partial charge on any atom is 0.145 e. The molecule has 1 aliphatic heterocycles. The van der Waals surface area contributed by atoms with Gasteiger partial charge in [0.2, 0.25) is 0 Å². The molecular formula is C15H19Cl2N3OS. The van der Waals surface area contributed by atoms with Crippen molar-refractivity contribution in [3.8, 4) is 0 Å². The van der Waals surface area contributed by atoms with E-state index >= 15 is 0 Å². The minimum Gasteiger partial charge on any atom is -0.379 e. The Bertz CT molecular complexity index is 670. The molecule has 4 nitrogen and oxygen atoms in total. The lowest BCUT2D eigenvalue weighted by atomic mass is 9.97. The van der Waals surface area contributed by atoms with Crippen molar-refractivity contribution < 1.29 is 4.74 Å². The Morgan fingerprint density at radius 3 is 2.73 bits per heavy atom. The zero-order valence-corrected chi connectivity index (χ0v) is 14.7. The van der Waals surface area contributed by atoms with Crippen LogP contribution >= 0.6 is 35.3 Å². The first-order valence-electron chi connectivity index (χ1n) is 7.58. The molecule has 22 heavy (non-hydrogen) atoms. The van der Waals surface area contributed by atoms with E-state index in [0.717, 1.165) is 55.3 Å². The van der Waals surface area contributed by atoms with Crippen molar-refractivity contribution in [2.75, 3.05) is 26.3 Å². The van der Waals surface area contributed by atoms with E-state index in [1.54, 1.807) is 0 Å². The molecule has 0 spiro atoms. The van der Waals surface area contributed by atoms with E-state index in [4.69, 9.17) is 21.3 Å². The number of aromatic nitrogens is 2. The third-order valence-corrected chi connectivity index (χ3v) is 5.74. The summed E-state index contributed by atoms with van der Waals surface area (Å²) in [5.41, 5.74) is 1.41. The smallest absolute Gasteiger partial charge is 0.145 e. The number of hydrogen-bond acceptors (Lipinski definition) is 5. The molecule has 4 rings (SSSR count). The quantitative estimate of drug-likeness (QED) is 0.769. The number of fused-ring (bicyclic) bond motifs is 3. The largest absolute Gasteiger partial charge is 0.379 e. The van der Waals surface area contributed by atoms with E-state index in [0.29, 0.717) is 5.15 Å². The monoisotopic (exact) mass is 359 g/mol. The van der Waals surface area contributed by atoms with Crippen molar-refractivity contribution in [1.82, 2.24) is 14.9 Å². The normalized spacial score (nSPS) is 19.0. The summed E-state index contributed by atoms with van der Waals surface area (Å²) in [5.74, 6) is 0.841. The molecule has 2 aromatic heterocycles. The van der Waals surface area contributed by atoms with Crippen LogP contribution in [0.15, 0.2) is 0 Å². The van der Waals surface area contributed by atoms with Gasteiger partial charge in [0.25, 0.3) is 0 Å². The van der Waals surface area contributed by atoms with Gasteiger partial charge in [0.1, 0.15) is 15.8 Å². The summed E-state index contributed by atoms with van der Waals surface area (Å²) in [5, 5.41) is 1.75. The Balaban J connectivity index is 0.00000144. The molecule has 1 aliphatic carbocycles. The minimum atomic E-state index is 0. The third-order valence-electron chi connectivity index (χ3n) is 4.29. The fourth-order valence-corrected chi connectivity index (χ4v) is 4.82. The summed E-state index contributed by atoms with van der Waals surface area (Å²) < 4.78 is 5.38. The van der Waals surface area contributed by atoms with E-state index in [-0.39, 0.29) is 12.4 Å². The number of thiophene rings is 1. The first-order valence-corrected chi connectivity index (χ1v) is 8.77. The molecular weight excluding hydrogens is 341 g/mol. The molecule has 0 bridgehead atoms. The molecule has 120 valence electrons. The molecule has 1 saturated heterocycles. The van der Waals surface area contributed by atoms with Crippen molar-refractivity contribution in [1.29, 1.82) is 0 Å². The second kappa shape index (κ2) is 6.97. The van der Waals surface area contributed by atoms with Crippen molar-refractivity contribution in [3.63, 3.8) is 0 Å². The first-order chi connectivity index (χ1) is 10.3. The van der Waals surface area contributed by atoms with Crippen molar-refractivity contribution >= 4 is 45.6 Å². The second-order valence-corrected chi connectivity index (χ2v) is 7.15. The Morgan fingerprint density at radius 1 is 1.14 bits per heavy atom. The van der Waals surface area contributed by atoms with Gasteiger partial charge < -0.3 is 4.74 Å². The third kappa shape index (κ3) is 3.10. The van der Waals surface area contributed by atoms with Crippen LogP contribution in [0.3, 0.4) is 0 Å². The van der Waals surface area contributed by atoms with Gasteiger partial charge in [0.05, 0.1) is 25.1 Å². The molecule has 3 heterocycles. The number of morpholine rings is 1. The molecule has 2 aliphatic rings. The predicted octanol–water partition coefficient (Wildman–Crippen LogP) is 3.48. The zero-order chi connectivity index (χ0) is 14.2. The summed E-state index contributed by atoms with van der Waals surface area (Å²) in [6.07, 6.45) is 4.84. The average molecular weight is 360 g/mol. The fraction of sp³-hybridized carbons (Fsp3) is 0.600. The van der Waals surface area contributed by atoms with E-state index in [1.807, 2.05) is 11.3 Å². The van der Waals surface area contributed by atoms with Gasteiger partial charge in [-0.15, -0.1) is 23.7 Å². The van der Waals surface area contributed by atoms with Crippen molar-refractivity contribution in [2.45, 2.75) is 32.2 Å². The number of hydrogen-bond donors (Lipinski definition) is 0. The van der Waals surface area contributed by atoms with Gasteiger partial charge >= 0.3 is 0 Å². The summed E-state index contributed by atoms with van der Waals surface area (Å²) in [6, 6.07) is 0. The van der Waals surface area contributed by atoms with Gasteiger partial charge in [-0.25, -0.2) is 9.97 Å². The summed E-state index contributed by atoms with van der Waals surface area (Å²) in [6.45, 7) is 4.24. The summed E-state index contributed by atoms with van der Waals surface area (Å²) in [4.78, 5) is 14.2. The molecule has 7 heteroatoms. The lowest BCUT2D eigenvalue weighted by Crippen LogP contribution is -2.36. The number of aryl methyl sites for hydroxylation is 2. The van der Waals surface area contributed by atoms with Gasteiger partial charge in [0, 0.05) is 18.0 Å². The van der Waals surface area contributed by atoms with Gasteiger partial charge in [-0.05, 0) is 31.2 Å². The van der Waals surface area contributed by atoms with E-state index in [1.165, 1.54) is 29.7 Å². The van der Waals surface area contributed by atoms with Crippen LogP contribution in [-0.4, -0.2) is 41.2 Å². The van der Waals surface area contributed by atoms with E-state index in [2.05, 4.69) is 9.88 Å². The highest BCUT2D eigenvalue weighted by molar-refractivity contribution is 7.19. The molecule has 0 N–H and O–H groups in total. The maximum absolute atomic E-state index is 6.47. The van der Waals surface area contributed by atoms with Crippen LogP contribution in [0.1, 0.15) is 29.1 Å². The van der Waals surface area contributed by atoms with Crippen LogP contribution in [0, 0.1) is 0 Å². The molecule has 2 aromatic rings. The molecule has 0 amide bonds. The molecule has 0 radical (unpaired) electrons. The number of ether oxygens (including phenoxy) is 1. The molecule has 0 unspecified atom stereocenters. The lowest BCUT2D eigenvalue weighted by molar-refractivity contribution is 0.0331. The lowest BCUT2D eigenvalue weighted by Gasteiger charge is -2.25. The number of nitrogens with zero attached hydrogens (tertiary/aromatic N) is 3. The van der Waals surface area contributed by atoms with Gasteiger partial charge in [-0.2, -0.15) is 0 Å². The highest BCUT2D eigenvalue weighted by Crippen LogP contribution is 2.38. The minimum absolute atomic E-state index is 0. The fourth-order valence-electron chi connectivity index (χ4n) is 3.18. The molecule has 0 saturated carbocycles. The topological polar surface area (TPSA) is 38.2 Å². The van der Waals surface area contributed by atoms with E-state index < -0.39 is 0 Å². The van der Waals surface area contributed by atoms with Crippen molar-refractivity contribution in [3.05, 3.63) is 21.4 Å². The highest BCUT2D eigenvalue weighted by Gasteiger charge is 2.21. The average Bonchev–Trinajstić information content (AvgIpc) is 2.87. The van der Waals surface area contributed by atoms with E-state index in [9.17, 15) is 0 Å². The highest BCUT2D eigenvalue weighted by atomic mass is 35.5. The first kappa shape index (κ1) is 16.4. The summed E-state index contributed by atoms with van der Waals surface area (Å²) in [7, 11) is 0. The maximum atomic E-state index is 6.47. The molecule has 0 aromatic carbocycles. The molecule has 0 atom stereocenters. The zero-order valence-electron chi connectivity index (χ0n) is 12.3.